The molecule has 0 saturated carbocycles. The maximum Gasteiger partial charge on any atom is 0.252 e. The zero-order valence-electron chi connectivity index (χ0n) is 15.2. The van der Waals surface area contributed by atoms with Gasteiger partial charge in [0.15, 0.2) is 5.13 Å². The van der Waals surface area contributed by atoms with Crippen molar-refractivity contribution in [2.75, 3.05) is 45.5 Å². The van der Waals surface area contributed by atoms with E-state index in [-0.39, 0.29) is 12.5 Å². The highest BCUT2D eigenvalue weighted by atomic mass is 32.1. The second-order valence-electron chi connectivity index (χ2n) is 5.16. The lowest BCUT2D eigenvalue weighted by atomic mass is 10.1. The molecule has 0 atom stereocenters. The molecule has 1 heterocycles. The van der Waals surface area contributed by atoms with Crippen LogP contribution in [0.25, 0.3) is 11.3 Å². The summed E-state index contributed by atoms with van der Waals surface area (Å²) >= 11 is 1.34. The molecule has 7 nitrogen and oxygen atoms in total. The van der Waals surface area contributed by atoms with E-state index >= 15 is 0 Å². The molecule has 0 bridgehead atoms. The van der Waals surface area contributed by atoms with Gasteiger partial charge in [0.1, 0.15) is 18.1 Å². The molecule has 0 spiro atoms. The van der Waals surface area contributed by atoms with Crippen LogP contribution in [0, 0.1) is 0 Å². The third-order valence-electron chi connectivity index (χ3n) is 3.25. The van der Waals surface area contributed by atoms with Gasteiger partial charge >= 0.3 is 0 Å². The molecule has 0 aliphatic rings. The molecule has 2 aromatic rings. The summed E-state index contributed by atoms with van der Waals surface area (Å²) in [4.78, 5) is 16.4. The number of hydrogen-bond acceptors (Lipinski definition) is 7. The highest BCUT2D eigenvalue weighted by molar-refractivity contribution is 7.14. The van der Waals surface area contributed by atoms with Crippen molar-refractivity contribution in [3.05, 3.63) is 23.6 Å². The first-order valence-electron chi connectivity index (χ1n) is 8.40. The third-order valence-corrected chi connectivity index (χ3v) is 4.01. The molecule has 0 radical (unpaired) electrons. The summed E-state index contributed by atoms with van der Waals surface area (Å²) in [5.41, 5.74) is 1.54. The Morgan fingerprint density at radius 2 is 2.00 bits per heavy atom. The van der Waals surface area contributed by atoms with Crippen molar-refractivity contribution >= 4 is 22.4 Å². The first-order valence-corrected chi connectivity index (χ1v) is 9.28. The van der Waals surface area contributed by atoms with Gasteiger partial charge in [0.05, 0.1) is 32.1 Å². The maximum absolute atomic E-state index is 11.9. The number of methoxy groups -OCH3 is 1. The summed E-state index contributed by atoms with van der Waals surface area (Å²) in [7, 11) is 1.58. The average Bonchev–Trinajstić information content (AvgIpc) is 3.09. The van der Waals surface area contributed by atoms with E-state index in [1.807, 2.05) is 37.4 Å². The smallest absolute Gasteiger partial charge is 0.252 e. The average molecular weight is 380 g/mol. The summed E-state index contributed by atoms with van der Waals surface area (Å²) in [5, 5.41) is 5.11. The second-order valence-corrected chi connectivity index (χ2v) is 6.01. The molecule has 8 heteroatoms. The number of amides is 1. The van der Waals surface area contributed by atoms with Crippen LogP contribution in [0.1, 0.15) is 13.8 Å². The molecule has 26 heavy (non-hydrogen) atoms. The minimum absolute atomic E-state index is 0.0394. The van der Waals surface area contributed by atoms with E-state index in [4.69, 9.17) is 18.9 Å². The quantitative estimate of drug-likeness (QED) is 0.603. The van der Waals surface area contributed by atoms with E-state index in [0.717, 1.165) is 22.8 Å². The molecule has 1 amide bonds. The Morgan fingerprint density at radius 1 is 1.19 bits per heavy atom. The van der Waals surface area contributed by atoms with Crippen LogP contribution in [0.3, 0.4) is 0 Å². The Morgan fingerprint density at radius 3 is 2.73 bits per heavy atom. The molecule has 0 aliphatic carbocycles. The Balaban J connectivity index is 2.08. The van der Waals surface area contributed by atoms with Crippen LogP contribution < -0.4 is 14.8 Å². The number of rotatable bonds is 11. The van der Waals surface area contributed by atoms with Crippen molar-refractivity contribution in [2.45, 2.75) is 13.8 Å². The van der Waals surface area contributed by atoms with E-state index in [9.17, 15) is 4.79 Å². The van der Waals surface area contributed by atoms with Gasteiger partial charge in [-0.1, -0.05) is 0 Å². The van der Waals surface area contributed by atoms with Crippen molar-refractivity contribution in [3.63, 3.8) is 0 Å². The number of nitrogens with zero attached hydrogens (tertiary/aromatic N) is 1. The molecule has 1 N–H and O–H groups in total. The molecule has 0 unspecified atom stereocenters. The predicted molar refractivity (Wildman–Crippen MR) is 101 cm³/mol. The minimum Gasteiger partial charge on any atom is -0.494 e. The number of nitrogens with one attached hydrogen (secondary N) is 1. The summed E-state index contributed by atoms with van der Waals surface area (Å²) in [6.45, 7) is 5.77. The minimum atomic E-state index is -0.255. The molecule has 2 rings (SSSR count). The monoisotopic (exact) mass is 380 g/mol. The lowest BCUT2D eigenvalue weighted by Gasteiger charge is -2.11. The molecular weight excluding hydrogens is 356 g/mol. The van der Waals surface area contributed by atoms with Crippen LogP contribution in [-0.2, 0) is 14.3 Å². The van der Waals surface area contributed by atoms with Crippen LogP contribution in [0.15, 0.2) is 23.6 Å². The van der Waals surface area contributed by atoms with Gasteiger partial charge in [-0.15, -0.1) is 11.3 Å². The van der Waals surface area contributed by atoms with Crippen LogP contribution in [0.2, 0.25) is 0 Å². The Kier molecular flexibility index (Phi) is 8.33. The van der Waals surface area contributed by atoms with E-state index in [1.165, 1.54) is 11.3 Å². The fraction of sp³-hybridized carbons (Fsp3) is 0.444. The molecule has 1 aromatic carbocycles. The van der Waals surface area contributed by atoms with Gasteiger partial charge in [-0.2, -0.15) is 0 Å². The largest absolute Gasteiger partial charge is 0.494 e. The van der Waals surface area contributed by atoms with Crippen LogP contribution in [0.4, 0.5) is 5.13 Å². The van der Waals surface area contributed by atoms with E-state index in [0.29, 0.717) is 31.6 Å². The van der Waals surface area contributed by atoms with Gasteiger partial charge < -0.3 is 18.9 Å². The van der Waals surface area contributed by atoms with Crippen LogP contribution in [0.5, 0.6) is 11.5 Å². The topological polar surface area (TPSA) is 78.9 Å². The fourth-order valence-electron chi connectivity index (χ4n) is 2.16. The van der Waals surface area contributed by atoms with Gasteiger partial charge in [0.25, 0.3) is 5.91 Å². The van der Waals surface area contributed by atoms with E-state index in [1.54, 1.807) is 7.11 Å². The van der Waals surface area contributed by atoms with Gasteiger partial charge in [0.2, 0.25) is 0 Å². The van der Waals surface area contributed by atoms with Crippen molar-refractivity contribution in [1.82, 2.24) is 4.98 Å². The number of ether oxygens (including phenoxy) is 4. The Labute approximate surface area is 157 Å². The van der Waals surface area contributed by atoms with Crippen molar-refractivity contribution in [3.8, 4) is 22.8 Å². The maximum atomic E-state index is 11.9. The van der Waals surface area contributed by atoms with E-state index < -0.39 is 0 Å². The molecule has 0 aliphatic heterocycles. The summed E-state index contributed by atoms with van der Waals surface area (Å²) in [6.07, 6.45) is 0. The Hall–Kier alpha value is -2.16. The molecule has 1 aromatic heterocycles. The first-order chi connectivity index (χ1) is 12.7. The highest BCUT2D eigenvalue weighted by Gasteiger charge is 2.13. The summed E-state index contributed by atoms with van der Waals surface area (Å²) in [6, 6.07) is 5.62. The number of carbonyl (C=O) groups excluding carboxylic acids is 1. The van der Waals surface area contributed by atoms with Gasteiger partial charge in [0, 0.05) is 18.1 Å². The highest BCUT2D eigenvalue weighted by Crippen LogP contribution is 2.35. The number of benzene rings is 1. The lowest BCUT2D eigenvalue weighted by molar-refractivity contribution is -0.121. The fourth-order valence-corrected chi connectivity index (χ4v) is 2.89. The van der Waals surface area contributed by atoms with Crippen molar-refractivity contribution < 1.29 is 23.7 Å². The van der Waals surface area contributed by atoms with Crippen molar-refractivity contribution in [1.29, 1.82) is 0 Å². The zero-order chi connectivity index (χ0) is 18.8. The van der Waals surface area contributed by atoms with Crippen molar-refractivity contribution in [2.24, 2.45) is 0 Å². The number of aromatic nitrogens is 1. The third kappa shape index (κ3) is 5.98. The standard InChI is InChI=1S/C18H24N2O5S/c1-4-24-13-6-7-16(25-5-2)14(10-13)15-12-26-18(19-15)20-17(21)11-23-9-8-22-3/h6-7,10,12H,4-5,8-9,11H2,1-3H3,(H,19,20,21). The normalized spacial score (nSPS) is 10.6. The second kappa shape index (κ2) is 10.7. The van der Waals surface area contributed by atoms with Gasteiger partial charge in [-0.05, 0) is 32.0 Å². The van der Waals surface area contributed by atoms with Crippen LogP contribution >= 0.6 is 11.3 Å². The summed E-state index contributed by atoms with van der Waals surface area (Å²) < 4.78 is 21.3. The molecular formula is C18H24N2O5S. The number of carbonyl (C=O) groups is 1. The van der Waals surface area contributed by atoms with Crippen LogP contribution in [-0.4, -0.2) is 51.0 Å². The van der Waals surface area contributed by atoms with Gasteiger partial charge in [-0.3, -0.25) is 10.1 Å². The number of thiazole rings is 1. The molecule has 142 valence electrons. The lowest BCUT2D eigenvalue weighted by Crippen LogP contribution is -2.19. The molecule has 0 fully saturated rings. The van der Waals surface area contributed by atoms with E-state index in [2.05, 4.69) is 10.3 Å². The SMILES string of the molecule is CCOc1ccc(OCC)c(-c2csc(NC(=O)COCCOC)n2)c1. The zero-order valence-corrected chi connectivity index (χ0v) is 16.1. The number of anilines is 1. The predicted octanol–water partition coefficient (Wildman–Crippen LogP) is 3.21. The summed E-state index contributed by atoms with van der Waals surface area (Å²) in [5.74, 6) is 1.22. The Bertz CT molecular complexity index is 705. The first kappa shape index (κ1) is 20.2. The molecule has 0 saturated heterocycles. The number of hydrogen-bond donors (Lipinski definition) is 1. The van der Waals surface area contributed by atoms with Gasteiger partial charge in [-0.25, -0.2) is 4.98 Å².